The predicted octanol–water partition coefficient (Wildman–Crippen LogP) is 3.95. The van der Waals surface area contributed by atoms with Crippen LogP contribution in [0.5, 0.6) is 11.5 Å². The van der Waals surface area contributed by atoms with E-state index in [0.717, 1.165) is 16.5 Å². The maximum atomic E-state index is 10.6. The fraction of sp³-hybridized carbons (Fsp3) is 0.200. The molecule has 0 amide bonds. The number of nitrogens with one attached hydrogen (secondary N) is 1. The zero-order valence-corrected chi connectivity index (χ0v) is 15.4. The van der Waals surface area contributed by atoms with Gasteiger partial charge in [0.25, 0.3) is 0 Å². The summed E-state index contributed by atoms with van der Waals surface area (Å²) >= 11 is 6.26. The van der Waals surface area contributed by atoms with E-state index in [1.165, 1.54) is 6.33 Å². The highest BCUT2D eigenvalue weighted by atomic mass is 35.5. The number of para-hydroxylation sites is 1. The van der Waals surface area contributed by atoms with Crippen LogP contribution in [-0.2, 0) is 0 Å². The van der Waals surface area contributed by atoms with Crippen LogP contribution in [0, 0.1) is 0 Å². The van der Waals surface area contributed by atoms with Crippen LogP contribution in [0.1, 0.15) is 11.7 Å². The van der Waals surface area contributed by atoms with E-state index in [2.05, 4.69) is 15.3 Å². The van der Waals surface area contributed by atoms with Gasteiger partial charge in [-0.05, 0) is 29.8 Å². The molecule has 142 valence electrons. The third-order valence-electron chi connectivity index (χ3n) is 4.62. The molecule has 2 aromatic heterocycles. The molecule has 5 rings (SSSR count). The number of aliphatic hydroxyl groups is 1. The Kier molecular flexibility index (Phi) is 4.18. The van der Waals surface area contributed by atoms with E-state index < -0.39 is 6.10 Å². The molecule has 0 saturated carbocycles. The first kappa shape index (κ1) is 17.1. The molecule has 2 aromatic carbocycles. The third-order valence-corrected chi connectivity index (χ3v) is 4.91. The second-order valence-electron chi connectivity index (χ2n) is 6.42. The first-order valence-electron chi connectivity index (χ1n) is 8.84. The molecule has 7 nitrogen and oxygen atoms in total. The van der Waals surface area contributed by atoms with Crippen LogP contribution in [0.3, 0.4) is 0 Å². The monoisotopic (exact) mass is 397 g/mol. The van der Waals surface area contributed by atoms with Crippen LogP contribution >= 0.6 is 11.6 Å². The molecule has 28 heavy (non-hydrogen) atoms. The zero-order chi connectivity index (χ0) is 19.1. The minimum atomic E-state index is -0.831. The van der Waals surface area contributed by atoms with Gasteiger partial charge in [0.15, 0.2) is 22.9 Å². The average molecular weight is 398 g/mol. The molecule has 8 heteroatoms. The number of aromatic nitrogens is 2. The Morgan fingerprint density at radius 3 is 2.93 bits per heavy atom. The molecular formula is C20H16ClN3O4. The fourth-order valence-electron chi connectivity index (χ4n) is 3.28. The fourth-order valence-corrected chi connectivity index (χ4v) is 3.56. The van der Waals surface area contributed by atoms with Crippen LogP contribution in [-0.4, -0.2) is 34.8 Å². The Bertz CT molecular complexity index is 1180. The Morgan fingerprint density at radius 2 is 2.00 bits per heavy atom. The second-order valence-corrected chi connectivity index (χ2v) is 6.83. The van der Waals surface area contributed by atoms with Crippen molar-refractivity contribution < 1.29 is 19.0 Å². The quantitative estimate of drug-likeness (QED) is 0.539. The highest BCUT2D eigenvalue weighted by Crippen LogP contribution is 2.40. The molecule has 0 fully saturated rings. The van der Waals surface area contributed by atoms with E-state index in [4.69, 9.17) is 25.5 Å². The number of anilines is 1. The van der Waals surface area contributed by atoms with Crippen LogP contribution < -0.4 is 14.8 Å². The topological polar surface area (TPSA) is 89.6 Å². The molecule has 0 radical (unpaired) electrons. The third kappa shape index (κ3) is 2.89. The van der Waals surface area contributed by atoms with E-state index in [1.807, 2.05) is 24.3 Å². The van der Waals surface area contributed by atoms with Crippen molar-refractivity contribution in [3.63, 3.8) is 0 Å². The summed E-state index contributed by atoms with van der Waals surface area (Å²) in [5, 5.41) is 15.1. The van der Waals surface area contributed by atoms with Gasteiger partial charge in [-0.3, -0.25) is 0 Å². The summed E-state index contributed by atoms with van der Waals surface area (Å²) in [6.45, 7) is 1.11. The minimum Gasteiger partial charge on any atom is -0.486 e. The standard InChI is InChI=1S/C20H16ClN3O4/c21-13-7-11(8-16-18(13)27-6-5-26-16)14(25)9-22-20-19-17(23-10-24-20)12-3-1-2-4-15(12)28-19/h1-4,7-8,10,14,25H,5-6,9H2,(H,22,23,24). The van der Waals surface area contributed by atoms with Gasteiger partial charge in [-0.15, -0.1) is 0 Å². The Hall–Kier alpha value is -3.03. The van der Waals surface area contributed by atoms with E-state index >= 15 is 0 Å². The number of nitrogens with zero attached hydrogens (tertiary/aromatic N) is 2. The van der Waals surface area contributed by atoms with Crippen molar-refractivity contribution in [2.75, 3.05) is 25.1 Å². The Balaban J connectivity index is 1.41. The molecule has 0 aliphatic carbocycles. The lowest BCUT2D eigenvalue weighted by Crippen LogP contribution is -2.17. The van der Waals surface area contributed by atoms with Gasteiger partial charge in [0.2, 0.25) is 0 Å². The van der Waals surface area contributed by atoms with Gasteiger partial charge in [-0.1, -0.05) is 23.7 Å². The lowest BCUT2D eigenvalue weighted by atomic mass is 10.1. The Morgan fingerprint density at radius 1 is 1.14 bits per heavy atom. The van der Waals surface area contributed by atoms with Crippen LogP contribution in [0.25, 0.3) is 22.1 Å². The number of benzene rings is 2. The van der Waals surface area contributed by atoms with Crippen molar-refractivity contribution in [3.05, 3.63) is 53.3 Å². The molecule has 0 bridgehead atoms. The zero-order valence-electron chi connectivity index (χ0n) is 14.7. The summed E-state index contributed by atoms with van der Waals surface area (Å²) in [5.74, 6) is 1.56. The summed E-state index contributed by atoms with van der Waals surface area (Å²) in [4.78, 5) is 8.58. The molecule has 1 atom stereocenters. The second kappa shape index (κ2) is 6.85. The number of hydrogen-bond acceptors (Lipinski definition) is 7. The van der Waals surface area contributed by atoms with Gasteiger partial charge in [-0.25, -0.2) is 9.97 Å². The van der Waals surface area contributed by atoms with Crippen molar-refractivity contribution in [3.8, 4) is 11.5 Å². The average Bonchev–Trinajstić information content (AvgIpc) is 3.11. The summed E-state index contributed by atoms with van der Waals surface area (Å²) in [7, 11) is 0. The minimum absolute atomic E-state index is 0.207. The highest BCUT2D eigenvalue weighted by molar-refractivity contribution is 6.32. The lowest BCUT2D eigenvalue weighted by molar-refractivity contribution is 0.167. The summed E-state index contributed by atoms with van der Waals surface area (Å²) in [5.41, 5.74) is 2.64. The predicted molar refractivity (Wildman–Crippen MR) is 105 cm³/mol. The first-order valence-corrected chi connectivity index (χ1v) is 9.22. The number of fused-ring (bicyclic) bond motifs is 4. The van der Waals surface area contributed by atoms with E-state index in [9.17, 15) is 5.11 Å². The van der Waals surface area contributed by atoms with Crippen molar-refractivity contribution in [2.24, 2.45) is 0 Å². The molecule has 3 heterocycles. The summed E-state index contributed by atoms with van der Waals surface area (Å²) in [6, 6.07) is 11.1. The van der Waals surface area contributed by atoms with Crippen molar-refractivity contribution in [1.82, 2.24) is 9.97 Å². The van der Waals surface area contributed by atoms with Gasteiger partial charge in [0.1, 0.15) is 30.6 Å². The molecule has 0 saturated heterocycles. The van der Waals surface area contributed by atoms with E-state index in [1.54, 1.807) is 12.1 Å². The lowest BCUT2D eigenvalue weighted by Gasteiger charge is -2.21. The smallest absolute Gasteiger partial charge is 0.196 e. The van der Waals surface area contributed by atoms with E-state index in [-0.39, 0.29) is 6.54 Å². The van der Waals surface area contributed by atoms with Crippen molar-refractivity contribution >= 4 is 39.5 Å². The van der Waals surface area contributed by atoms with Crippen LogP contribution in [0.2, 0.25) is 5.02 Å². The summed E-state index contributed by atoms with van der Waals surface area (Å²) < 4.78 is 17.0. The Labute approximate surface area is 164 Å². The SMILES string of the molecule is OC(CNc1ncnc2c1oc1ccccc12)c1cc(Cl)c2c(c1)OCCO2. The molecule has 1 aliphatic rings. The van der Waals surface area contributed by atoms with Gasteiger partial charge in [0, 0.05) is 11.9 Å². The first-order chi connectivity index (χ1) is 13.7. The van der Waals surface area contributed by atoms with Crippen molar-refractivity contribution in [1.29, 1.82) is 0 Å². The number of rotatable bonds is 4. The van der Waals surface area contributed by atoms with Gasteiger partial charge in [-0.2, -0.15) is 0 Å². The normalized spacial score (nSPS) is 14.4. The highest BCUT2D eigenvalue weighted by Gasteiger charge is 2.20. The number of ether oxygens (including phenoxy) is 2. The molecular weight excluding hydrogens is 382 g/mol. The molecule has 2 N–H and O–H groups in total. The number of halogens is 1. The van der Waals surface area contributed by atoms with Gasteiger partial charge >= 0.3 is 0 Å². The molecule has 4 aromatic rings. The van der Waals surface area contributed by atoms with Gasteiger partial charge in [0.05, 0.1) is 11.1 Å². The number of aliphatic hydroxyl groups excluding tert-OH is 1. The van der Waals surface area contributed by atoms with Crippen LogP contribution in [0.4, 0.5) is 5.82 Å². The molecule has 1 aliphatic heterocycles. The largest absolute Gasteiger partial charge is 0.486 e. The number of furan rings is 1. The van der Waals surface area contributed by atoms with E-state index in [0.29, 0.717) is 46.7 Å². The maximum Gasteiger partial charge on any atom is 0.196 e. The number of hydrogen-bond donors (Lipinski definition) is 2. The molecule has 0 spiro atoms. The molecule has 1 unspecified atom stereocenters. The van der Waals surface area contributed by atoms with Crippen LogP contribution in [0.15, 0.2) is 47.1 Å². The van der Waals surface area contributed by atoms with Crippen molar-refractivity contribution in [2.45, 2.75) is 6.10 Å². The maximum absolute atomic E-state index is 10.6. The summed E-state index contributed by atoms with van der Waals surface area (Å²) in [6.07, 6.45) is 0.641. The van der Waals surface area contributed by atoms with Gasteiger partial charge < -0.3 is 24.3 Å².